The summed E-state index contributed by atoms with van der Waals surface area (Å²) in [6.07, 6.45) is 4.54. The summed E-state index contributed by atoms with van der Waals surface area (Å²) in [7, 11) is -1.76. The molecule has 0 atom stereocenters. The molecule has 0 saturated carbocycles. The Labute approximate surface area is 142 Å². The number of rotatable bonds is 8. The van der Waals surface area contributed by atoms with Crippen LogP contribution in [0.4, 0.5) is 0 Å². The Morgan fingerprint density at radius 1 is 1.17 bits per heavy atom. The van der Waals surface area contributed by atoms with Crippen molar-refractivity contribution in [3.63, 3.8) is 0 Å². The SMILES string of the molecule is CC(C)(/C=C/C(=O)CCC1OCCO1)CO[Si](C)(C)C(C)(C)C. The topological polar surface area (TPSA) is 44.8 Å². The molecule has 1 rings (SSSR count). The lowest BCUT2D eigenvalue weighted by atomic mass is 9.94. The van der Waals surface area contributed by atoms with E-state index in [-0.39, 0.29) is 22.5 Å². The predicted molar refractivity (Wildman–Crippen MR) is 96.0 cm³/mol. The predicted octanol–water partition coefficient (Wildman–Crippen LogP) is 4.31. The molecule has 0 spiro atoms. The van der Waals surface area contributed by atoms with Crippen LogP contribution in [0.1, 0.15) is 47.5 Å². The smallest absolute Gasteiger partial charge is 0.192 e. The van der Waals surface area contributed by atoms with Gasteiger partial charge in [0.05, 0.1) is 13.2 Å². The van der Waals surface area contributed by atoms with Gasteiger partial charge >= 0.3 is 0 Å². The quantitative estimate of drug-likeness (QED) is 0.487. The maximum atomic E-state index is 12.0. The molecule has 0 bridgehead atoms. The van der Waals surface area contributed by atoms with Crippen LogP contribution in [0.15, 0.2) is 12.2 Å². The Bertz CT molecular complexity index is 415. The fourth-order valence-corrected chi connectivity index (χ4v) is 3.03. The molecule has 5 heteroatoms. The molecule has 0 aliphatic carbocycles. The van der Waals surface area contributed by atoms with Crippen molar-refractivity contribution in [3.8, 4) is 0 Å². The molecule has 1 saturated heterocycles. The van der Waals surface area contributed by atoms with Crippen molar-refractivity contribution in [3.05, 3.63) is 12.2 Å². The highest BCUT2D eigenvalue weighted by Crippen LogP contribution is 2.37. The second kappa shape index (κ2) is 8.06. The molecule has 0 N–H and O–H groups in total. The van der Waals surface area contributed by atoms with E-state index < -0.39 is 8.32 Å². The van der Waals surface area contributed by atoms with E-state index in [0.29, 0.717) is 32.7 Å². The summed E-state index contributed by atoms with van der Waals surface area (Å²) >= 11 is 0. The molecule has 0 aromatic rings. The van der Waals surface area contributed by atoms with Crippen LogP contribution in [0.25, 0.3) is 0 Å². The van der Waals surface area contributed by atoms with Crippen LogP contribution in [0.3, 0.4) is 0 Å². The first-order valence-electron chi connectivity index (χ1n) is 8.52. The van der Waals surface area contributed by atoms with E-state index in [9.17, 15) is 4.79 Å². The van der Waals surface area contributed by atoms with Crippen molar-refractivity contribution in [2.75, 3.05) is 19.8 Å². The molecule has 4 nitrogen and oxygen atoms in total. The normalized spacial score (nSPS) is 18.0. The lowest BCUT2D eigenvalue weighted by Crippen LogP contribution is -2.42. The highest BCUT2D eigenvalue weighted by molar-refractivity contribution is 6.74. The Kier molecular flexibility index (Phi) is 7.20. The van der Waals surface area contributed by atoms with Crippen molar-refractivity contribution in [1.82, 2.24) is 0 Å². The van der Waals surface area contributed by atoms with Gasteiger partial charge in [0.25, 0.3) is 0 Å². The Morgan fingerprint density at radius 3 is 2.26 bits per heavy atom. The van der Waals surface area contributed by atoms with Crippen LogP contribution in [-0.2, 0) is 18.7 Å². The standard InChI is InChI=1S/C18H34O4Si/c1-17(2,3)23(6,7)22-14-18(4,5)11-10-15(19)8-9-16-20-12-13-21-16/h10-11,16H,8-9,12-14H2,1-7H3/b11-10+. The number of hydrogen-bond acceptors (Lipinski definition) is 4. The number of allylic oxidation sites excluding steroid dienone is 1. The zero-order valence-electron chi connectivity index (χ0n) is 15.9. The van der Waals surface area contributed by atoms with E-state index >= 15 is 0 Å². The third-order valence-electron chi connectivity index (χ3n) is 4.65. The highest BCUT2D eigenvalue weighted by atomic mass is 28.4. The summed E-state index contributed by atoms with van der Waals surface area (Å²) in [4.78, 5) is 12.0. The maximum absolute atomic E-state index is 12.0. The minimum absolute atomic E-state index is 0.115. The molecule has 0 unspecified atom stereocenters. The van der Waals surface area contributed by atoms with Crippen molar-refractivity contribution in [2.45, 2.75) is 71.9 Å². The number of carbonyl (C=O) groups is 1. The van der Waals surface area contributed by atoms with Gasteiger partial charge in [-0.1, -0.05) is 40.7 Å². The summed E-state index contributed by atoms with van der Waals surface area (Å²) < 4.78 is 17.0. The van der Waals surface area contributed by atoms with Gasteiger partial charge in [-0.05, 0) is 24.2 Å². The molecular weight excluding hydrogens is 308 g/mol. The Hall–Kier alpha value is -0.493. The van der Waals surface area contributed by atoms with Crippen LogP contribution >= 0.6 is 0 Å². The molecule has 0 radical (unpaired) electrons. The summed E-state index contributed by atoms with van der Waals surface area (Å²) in [6.45, 7) is 17.3. The zero-order valence-corrected chi connectivity index (χ0v) is 16.9. The number of hydrogen-bond donors (Lipinski definition) is 0. The first-order chi connectivity index (χ1) is 10.4. The molecule has 1 aliphatic rings. The minimum atomic E-state index is -1.76. The van der Waals surface area contributed by atoms with Crippen molar-refractivity contribution in [1.29, 1.82) is 0 Å². The van der Waals surface area contributed by atoms with Crippen LogP contribution in [0.2, 0.25) is 18.1 Å². The maximum Gasteiger partial charge on any atom is 0.192 e. The third-order valence-corrected chi connectivity index (χ3v) is 9.13. The molecule has 1 aliphatic heterocycles. The van der Waals surface area contributed by atoms with Crippen molar-refractivity contribution >= 4 is 14.1 Å². The molecule has 1 heterocycles. The third kappa shape index (κ3) is 7.29. The first-order valence-corrected chi connectivity index (χ1v) is 11.4. The highest BCUT2D eigenvalue weighted by Gasteiger charge is 2.38. The lowest BCUT2D eigenvalue weighted by Gasteiger charge is -2.38. The summed E-state index contributed by atoms with van der Waals surface area (Å²) in [6, 6.07) is 0. The molecule has 1 fully saturated rings. The summed E-state index contributed by atoms with van der Waals surface area (Å²) in [5.74, 6) is 0.115. The molecular formula is C18H34O4Si. The van der Waals surface area contributed by atoms with Gasteiger partial charge in [-0.3, -0.25) is 4.79 Å². The number of ketones is 1. The van der Waals surface area contributed by atoms with Gasteiger partial charge in [0, 0.05) is 24.9 Å². The molecule has 0 amide bonds. The van der Waals surface area contributed by atoms with Gasteiger partial charge in [-0.2, -0.15) is 0 Å². The van der Waals surface area contributed by atoms with Crippen molar-refractivity contribution < 1.29 is 18.7 Å². The Morgan fingerprint density at radius 2 is 1.74 bits per heavy atom. The van der Waals surface area contributed by atoms with Crippen molar-refractivity contribution in [2.24, 2.45) is 5.41 Å². The van der Waals surface area contributed by atoms with E-state index in [1.54, 1.807) is 6.08 Å². The van der Waals surface area contributed by atoms with Crippen LogP contribution < -0.4 is 0 Å². The minimum Gasteiger partial charge on any atom is -0.416 e. The van der Waals surface area contributed by atoms with E-state index in [0.717, 1.165) is 0 Å². The first kappa shape index (κ1) is 20.6. The molecule has 0 aromatic carbocycles. The van der Waals surface area contributed by atoms with Gasteiger partial charge < -0.3 is 13.9 Å². The lowest BCUT2D eigenvalue weighted by molar-refractivity contribution is -0.117. The largest absolute Gasteiger partial charge is 0.416 e. The number of ether oxygens (including phenoxy) is 2. The monoisotopic (exact) mass is 342 g/mol. The van der Waals surface area contributed by atoms with Gasteiger partial charge in [0.2, 0.25) is 0 Å². The molecule has 23 heavy (non-hydrogen) atoms. The Balaban J connectivity index is 2.41. The summed E-state index contributed by atoms with van der Waals surface area (Å²) in [5, 5.41) is 0.198. The second-order valence-corrected chi connectivity index (χ2v) is 13.4. The van der Waals surface area contributed by atoms with Gasteiger partial charge in [0.15, 0.2) is 20.4 Å². The molecule has 134 valence electrons. The second-order valence-electron chi connectivity index (χ2n) is 8.55. The van der Waals surface area contributed by atoms with Gasteiger partial charge in [0.1, 0.15) is 0 Å². The fourth-order valence-electron chi connectivity index (χ4n) is 1.87. The van der Waals surface area contributed by atoms with Gasteiger partial charge in [-0.25, -0.2) is 0 Å². The van der Waals surface area contributed by atoms with E-state index in [2.05, 4.69) is 47.7 Å². The zero-order chi connectivity index (χ0) is 17.7. The van der Waals surface area contributed by atoms with Crippen LogP contribution in [0.5, 0.6) is 0 Å². The fraction of sp³-hybridized carbons (Fsp3) is 0.833. The molecule has 0 aromatic heterocycles. The average Bonchev–Trinajstić information content (AvgIpc) is 2.93. The average molecular weight is 343 g/mol. The van der Waals surface area contributed by atoms with Gasteiger partial charge in [-0.15, -0.1) is 0 Å². The van der Waals surface area contributed by atoms with Crippen LogP contribution in [0, 0.1) is 5.41 Å². The van der Waals surface area contributed by atoms with E-state index in [4.69, 9.17) is 13.9 Å². The summed E-state index contributed by atoms with van der Waals surface area (Å²) in [5.41, 5.74) is -0.147. The van der Waals surface area contributed by atoms with Crippen LogP contribution in [-0.4, -0.2) is 40.2 Å². The number of carbonyl (C=O) groups excluding carboxylic acids is 1. The van der Waals surface area contributed by atoms with E-state index in [1.165, 1.54) is 0 Å². The van der Waals surface area contributed by atoms with E-state index in [1.807, 2.05) is 6.08 Å².